The summed E-state index contributed by atoms with van der Waals surface area (Å²) in [4.78, 5) is 19.1. The Balaban J connectivity index is 1.91. The lowest BCUT2D eigenvalue weighted by Crippen LogP contribution is -2.17. The van der Waals surface area contributed by atoms with E-state index in [-0.39, 0.29) is 5.91 Å². The number of amides is 1. The lowest BCUT2D eigenvalue weighted by molar-refractivity contribution is 0.0998. The molecule has 0 fully saturated rings. The molecule has 0 atom stereocenters. The molecule has 0 spiro atoms. The van der Waals surface area contributed by atoms with Crippen LogP contribution >= 0.6 is 11.3 Å². The van der Waals surface area contributed by atoms with Crippen LogP contribution in [0.1, 0.15) is 53.1 Å². The van der Waals surface area contributed by atoms with Gasteiger partial charge in [-0.1, -0.05) is 25.5 Å². The number of hydrogen-bond acceptors (Lipinski definition) is 3. The number of benzene rings is 2. The van der Waals surface area contributed by atoms with Crippen LogP contribution < -0.4 is 9.54 Å². The topological polar surface area (TPSA) is 43.6 Å². The summed E-state index contributed by atoms with van der Waals surface area (Å²) < 4.78 is 7.81. The first kappa shape index (κ1) is 22.0. The second-order valence-electron chi connectivity index (χ2n) is 7.48. The lowest BCUT2D eigenvalue weighted by atomic mass is 10.0. The minimum atomic E-state index is -0.231. The fraction of sp³-hybridized carbons (Fsp3) is 0.360. The van der Waals surface area contributed by atoms with Gasteiger partial charge in [0.2, 0.25) is 0 Å². The van der Waals surface area contributed by atoms with Crippen LogP contribution in [0.2, 0.25) is 0 Å². The van der Waals surface area contributed by atoms with Crippen molar-refractivity contribution < 1.29 is 9.53 Å². The molecule has 0 aliphatic rings. The molecule has 0 saturated heterocycles. The summed E-state index contributed by atoms with van der Waals surface area (Å²) in [5, 5.41) is 0. The van der Waals surface area contributed by atoms with Crippen LogP contribution in [-0.4, -0.2) is 17.1 Å². The molecule has 1 heterocycles. The van der Waals surface area contributed by atoms with Crippen molar-refractivity contribution in [3.63, 3.8) is 0 Å². The maximum atomic E-state index is 12.8. The fourth-order valence-electron chi connectivity index (χ4n) is 3.33. The zero-order valence-electron chi connectivity index (χ0n) is 18.5. The first-order chi connectivity index (χ1) is 14.4. The van der Waals surface area contributed by atoms with Crippen LogP contribution in [-0.2, 0) is 6.54 Å². The molecule has 3 rings (SSSR count). The Morgan fingerprint density at radius 2 is 1.77 bits per heavy atom. The number of nitrogens with zero attached hydrogens (tertiary/aromatic N) is 2. The minimum absolute atomic E-state index is 0.231. The molecule has 0 aliphatic heterocycles. The Bertz CT molecular complexity index is 1090. The highest BCUT2D eigenvalue weighted by molar-refractivity contribution is 7.09. The predicted octanol–water partition coefficient (Wildman–Crippen LogP) is 6.08. The molecule has 0 radical (unpaired) electrons. The highest BCUT2D eigenvalue weighted by atomic mass is 32.1. The Kier molecular flexibility index (Phi) is 7.27. The molecule has 4 nitrogen and oxygen atoms in total. The molecular weight excluding hydrogens is 392 g/mol. The van der Waals surface area contributed by atoms with Gasteiger partial charge < -0.3 is 9.30 Å². The number of ether oxygens (including phenoxy) is 1. The van der Waals surface area contributed by atoms with E-state index in [2.05, 4.69) is 62.4 Å². The predicted molar refractivity (Wildman–Crippen MR) is 124 cm³/mol. The molecule has 2 aromatic carbocycles. The Labute approximate surface area is 182 Å². The second kappa shape index (κ2) is 9.90. The average molecular weight is 423 g/mol. The van der Waals surface area contributed by atoms with Gasteiger partial charge in [0.1, 0.15) is 5.75 Å². The molecule has 0 unspecified atom stereocenters. The number of carbonyl (C=O) groups excluding carboxylic acids is 1. The monoisotopic (exact) mass is 422 g/mol. The van der Waals surface area contributed by atoms with Crippen LogP contribution in [0.15, 0.2) is 47.5 Å². The number of aromatic nitrogens is 1. The SMILES string of the molecule is CCCCOc1ccc(C(=O)N=c2sc(C)c(-c3ccc(C)c(C)c3)n2CC)cc1. The number of thiazole rings is 1. The minimum Gasteiger partial charge on any atom is -0.494 e. The van der Waals surface area contributed by atoms with Crippen molar-refractivity contribution in [2.24, 2.45) is 4.99 Å². The number of aryl methyl sites for hydroxylation is 3. The molecule has 0 aliphatic carbocycles. The van der Waals surface area contributed by atoms with Crippen molar-refractivity contribution in [2.75, 3.05) is 6.61 Å². The number of carbonyl (C=O) groups is 1. The van der Waals surface area contributed by atoms with E-state index in [9.17, 15) is 4.79 Å². The van der Waals surface area contributed by atoms with E-state index in [1.165, 1.54) is 11.1 Å². The zero-order valence-corrected chi connectivity index (χ0v) is 19.3. The summed E-state index contributed by atoms with van der Waals surface area (Å²) in [6.45, 7) is 12.0. The molecule has 0 N–H and O–H groups in total. The van der Waals surface area contributed by atoms with Gasteiger partial charge in [0, 0.05) is 17.0 Å². The van der Waals surface area contributed by atoms with Gasteiger partial charge in [-0.2, -0.15) is 4.99 Å². The highest BCUT2D eigenvalue weighted by Crippen LogP contribution is 2.27. The van der Waals surface area contributed by atoms with Crippen LogP contribution in [0.5, 0.6) is 5.75 Å². The largest absolute Gasteiger partial charge is 0.494 e. The van der Waals surface area contributed by atoms with Gasteiger partial charge in [-0.3, -0.25) is 4.79 Å². The molecule has 0 bridgehead atoms. The molecular formula is C25H30N2O2S. The van der Waals surface area contributed by atoms with Gasteiger partial charge in [-0.05, 0) is 81.1 Å². The molecule has 1 aromatic heterocycles. The highest BCUT2D eigenvalue weighted by Gasteiger charge is 2.14. The van der Waals surface area contributed by atoms with E-state index < -0.39 is 0 Å². The fourth-order valence-corrected chi connectivity index (χ4v) is 4.39. The number of hydrogen-bond donors (Lipinski definition) is 0. The number of unbranched alkanes of at least 4 members (excludes halogenated alkanes) is 1. The maximum Gasteiger partial charge on any atom is 0.279 e. The van der Waals surface area contributed by atoms with Crippen molar-refractivity contribution in [2.45, 2.75) is 54.0 Å². The number of rotatable bonds is 7. The summed E-state index contributed by atoms with van der Waals surface area (Å²) in [5.41, 5.74) is 5.40. The van der Waals surface area contributed by atoms with Gasteiger partial charge in [-0.15, -0.1) is 11.3 Å². The summed E-state index contributed by atoms with van der Waals surface area (Å²) in [5.74, 6) is 0.554. The summed E-state index contributed by atoms with van der Waals surface area (Å²) in [6, 6.07) is 13.8. The third-order valence-electron chi connectivity index (χ3n) is 5.24. The second-order valence-corrected chi connectivity index (χ2v) is 8.66. The van der Waals surface area contributed by atoms with Crippen molar-refractivity contribution in [3.8, 4) is 17.0 Å². The van der Waals surface area contributed by atoms with Crippen LogP contribution in [0.3, 0.4) is 0 Å². The molecule has 3 aromatic rings. The van der Waals surface area contributed by atoms with Crippen molar-refractivity contribution in [1.82, 2.24) is 4.57 Å². The van der Waals surface area contributed by atoms with Crippen molar-refractivity contribution >= 4 is 17.2 Å². The quantitative estimate of drug-likeness (QED) is 0.433. The summed E-state index contributed by atoms with van der Waals surface area (Å²) in [6.07, 6.45) is 2.12. The third-order valence-corrected chi connectivity index (χ3v) is 6.23. The van der Waals surface area contributed by atoms with E-state index in [0.29, 0.717) is 12.2 Å². The third kappa shape index (κ3) is 4.90. The van der Waals surface area contributed by atoms with E-state index >= 15 is 0 Å². The molecule has 5 heteroatoms. The van der Waals surface area contributed by atoms with E-state index in [1.807, 2.05) is 12.1 Å². The van der Waals surface area contributed by atoms with Gasteiger partial charge in [0.05, 0.1) is 12.3 Å². The Morgan fingerprint density at radius 3 is 2.40 bits per heavy atom. The van der Waals surface area contributed by atoms with E-state index in [4.69, 9.17) is 4.74 Å². The zero-order chi connectivity index (χ0) is 21.7. The van der Waals surface area contributed by atoms with Crippen molar-refractivity contribution in [1.29, 1.82) is 0 Å². The van der Waals surface area contributed by atoms with Gasteiger partial charge >= 0.3 is 0 Å². The summed E-state index contributed by atoms with van der Waals surface area (Å²) in [7, 11) is 0. The van der Waals surface area contributed by atoms with Crippen LogP contribution in [0.4, 0.5) is 0 Å². The van der Waals surface area contributed by atoms with Crippen molar-refractivity contribution in [3.05, 3.63) is 68.8 Å². The van der Waals surface area contributed by atoms with Gasteiger partial charge in [-0.25, -0.2) is 0 Å². The smallest absolute Gasteiger partial charge is 0.279 e. The average Bonchev–Trinajstić information content (AvgIpc) is 3.05. The van der Waals surface area contributed by atoms with Crippen LogP contribution in [0.25, 0.3) is 11.3 Å². The van der Waals surface area contributed by atoms with E-state index in [0.717, 1.165) is 46.1 Å². The first-order valence-electron chi connectivity index (χ1n) is 10.5. The van der Waals surface area contributed by atoms with E-state index in [1.54, 1.807) is 23.5 Å². The molecule has 1 amide bonds. The van der Waals surface area contributed by atoms with Gasteiger partial charge in [0.25, 0.3) is 5.91 Å². The van der Waals surface area contributed by atoms with Gasteiger partial charge in [0.15, 0.2) is 4.80 Å². The first-order valence-corrected chi connectivity index (χ1v) is 11.4. The molecule has 0 saturated carbocycles. The molecule has 30 heavy (non-hydrogen) atoms. The lowest BCUT2D eigenvalue weighted by Gasteiger charge is -2.10. The molecule has 158 valence electrons. The standard InChI is InChI=1S/C25H30N2O2S/c1-6-8-15-29-22-13-11-20(12-14-22)24(28)26-25-27(7-2)23(19(5)30-25)21-10-9-17(3)18(4)16-21/h9-14,16H,6-8,15H2,1-5H3. The summed E-state index contributed by atoms with van der Waals surface area (Å²) >= 11 is 1.56. The van der Waals surface area contributed by atoms with Crippen LogP contribution in [0, 0.1) is 20.8 Å². The Morgan fingerprint density at radius 1 is 1.03 bits per heavy atom. The normalized spacial score (nSPS) is 11.7. The maximum absolute atomic E-state index is 12.8. The Hall–Kier alpha value is -2.66.